The standard InChI is InChI=1S/C11H22N2O3S/c1-2-17(14,15)13-5-3-11(4-6-13)12-7-9-16-10-8-12/h11H,2-10H2,1H3. The molecule has 17 heavy (non-hydrogen) atoms. The van der Waals surface area contributed by atoms with Crippen molar-refractivity contribution in [3.8, 4) is 0 Å². The van der Waals surface area contributed by atoms with Crippen LogP contribution in [-0.4, -0.2) is 68.8 Å². The number of ether oxygens (including phenoxy) is 1. The summed E-state index contributed by atoms with van der Waals surface area (Å²) in [5.41, 5.74) is 0. The van der Waals surface area contributed by atoms with Gasteiger partial charge in [0, 0.05) is 32.2 Å². The van der Waals surface area contributed by atoms with Crippen molar-refractivity contribution >= 4 is 10.0 Å². The van der Waals surface area contributed by atoms with Gasteiger partial charge < -0.3 is 4.74 Å². The molecule has 2 heterocycles. The van der Waals surface area contributed by atoms with Crippen LogP contribution in [0.2, 0.25) is 0 Å². The van der Waals surface area contributed by atoms with Gasteiger partial charge in [-0.05, 0) is 19.8 Å². The molecule has 0 bridgehead atoms. The average molecular weight is 262 g/mol. The molecule has 2 aliphatic heterocycles. The Morgan fingerprint density at radius 2 is 1.71 bits per heavy atom. The van der Waals surface area contributed by atoms with Crippen LogP contribution in [0.4, 0.5) is 0 Å². The van der Waals surface area contributed by atoms with E-state index in [-0.39, 0.29) is 5.75 Å². The first-order valence-electron chi connectivity index (χ1n) is 6.43. The first-order valence-corrected chi connectivity index (χ1v) is 8.04. The number of sulfonamides is 1. The second kappa shape index (κ2) is 5.65. The molecule has 2 saturated heterocycles. The lowest BCUT2D eigenvalue weighted by Crippen LogP contribution is -2.50. The van der Waals surface area contributed by atoms with Gasteiger partial charge in [-0.2, -0.15) is 0 Å². The first-order chi connectivity index (χ1) is 8.13. The fourth-order valence-electron chi connectivity index (χ4n) is 2.61. The van der Waals surface area contributed by atoms with Crippen LogP contribution < -0.4 is 0 Å². The summed E-state index contributed by atoms with van der Waals surface area (Å²) in [6.07, 6.45) is 1.92. The molecule has 2 fully saturated rings. The minimum absolute atomic E-state index is 0.217. The van der Waals surface area contributed by atoms with Crippen LogP contribution in [0.15, 0.2) is 0 Å². The van der Waals surface area contributed by atoms with Gasteiger partial charge in [-0.1, -0.05) is 0 Å². The van der Waals surface area contributed by atoms with E-state index in [1.165, 1.54) is 0 Å². The van der Waals surface area contributed by atoms with E-state index in [0.29, 0.717) is 19.1 Å². The maximum absolute atomic E-state index is 11.7. The van der Waals surface area contributed by atoms with Crippen LogP contribution in [-0.2, 0) is 14.8 Å². The predicted octanol–water partition coefficient (Wildman–Crippen LogP) is 0.133. The van der Waals surface area contributed by atoms with E-state index < -0.39 is 10.0 Å². The topological polar surface area (TPSA) is 49.9 Å². The summed E-state index contributed by atoms with van der Waals surface area (Å²) in [6, 6.07) is 0.544. The molecule has 2 rings (SSSR count). The van der Waals surface area contributed by atoms with Gasteiger partial charge in [0.1, 0.15) is 0 Å². The van der Waals surface area contributed by atoms with E-state index in [2.05, 4.69) is 4.90 Å². The summed E-state index contributed by atoms with van der Waals surface area (Å²) >= 11 is 0. The molecule has 0 aromatic rings. The summed E-state index contributed by atoms with van der Waals surface area (Å²) in [6.45, 7) is 6.68. The highest BCUT2D eigenvalue weighted by molar-refractivity contribution is 7.89. The van der Waals surface area contributed by atoms with E-state index in [9.17, 15) is 8.42 Å². The van der Waals surface area contributed by atoms with Gasteiger partial charge in [-0.3, -0.25) is 4.90 Å². The Hall–Kier alpha value is -0.170. The predicted molar refractivity (Wildman–Crippen MR) is 66.4 cm³/mol. The molecule has 0 aromatic heterocycles. The van der Waals surface area contributed by atoms with Crippen molar-refractivity contribution in [3.05, 3.63) is 0 Å². The van der Waals surface area contributed by atoms with E-state index in [4.69, 9.17) is 4.74 Å². The molecule has 0 N–H and O–H groups in total. The molecule has 0 atom stereocenters. The number of nitrogens with zero attached hydrogens (tertiary/aromatic N) is 2. The molecule has 0 unspecified atom stereocenters. The molecular weight excluding hydrogens is 240 g/mol. The molecule has 100 valence electrons. The molecule has 0 saturated carbocycles. The Morgan fingerprint density at radius 3 is 2.24 bits per heavy atom. The van der Waals surface area contributed by atoms with E-state index in [1.807, 2.05) is 0 Å². The lowest BCUT2D eigenvalue weighted by molar-refractivity contribution is 0.00611. The van der Waals surface area contributed by atoms with Gasteiger partial charge in [0.2, 0.25) is 10.0 Å². The van der Waals surface area contributed by atoms with Crippen LogP contribution in [0.5, 0.6) is 0 Å². The maximum Gasteiger partial charge on any atom is 0.213 e. The Bertz CT molecular complexity index is 331. The third-order valence-corrected chi connectivity index (χ3v) is 5.63. The Morgan fingerprint density at radius 1 is 1.12 bits per heavy atom. The van der Waals surface area contributed by atoms with Gasteiger partial charge in [-0.15, -0.1) is 0 Å². The molecule has 0 amide bonds. The van der Waals surface area contributed by atoms with Crippen molar-refractivity contribution in [2.24, 2.45) is 0 Å². The van der Waals surface area contributed by atoms with Crippen molar-refractivity contribution in [2.45, 2.75) is 25.8 Å². The van der Waals surface area contributed by atoms with Crippen LogP contribution in [0.1, 0.15) is 19.8 Å². The van der Waals surface area contributed by atoms with Gasteiger partial charge in [-0.25, -0.2) is 12.7 Å². The number of hydrogen-bond acceptors (Lipinski definition) is 4. The van der Waals surface area contributed by atoms with Gasteiger partial charge in [0.15, 0.2) is 0 Å². The van der Waals surface area contributed by atoms with Crippen molar-refractivity contribution in [3.63, 3.8) is 0 Å². The Balaban J connectivity index is 1.85. The summed E-state index contributed by atoms with van der Waals surface area (Å²) in [5, 5.41) is 0. The quantitative estimate of drug-likeness (QED) is 0.725. The Kier molecular flexibility index (Phi) is 4.41. The average Bonchev–Trinajstić information content (AvgIpc) is 2.40. The minimum Gasteiger partial charge on any atom is -0.379 e. The van der Waals surface area contributed by atoms with Crippen LogP contribution in [0.3, 0.4) is 0 Å². The Labute approximate surface area is 104 Å². The number of piperidine rings is 1. The fraction of sp³-hybridized carbons (Fsp3) is 1.00. The first kappa shape index (κ1) is 13.3. The zero-order valence-electron chi connectivity index (χ0n) is 10.5. The van der Waals surface area contributed by atoms with Crippen LogP contribution >= 0.6 is 0 Å². The summed E-state index contributed by atoms with van der Waals surface area (Å²) < 4.78 is 30.4. The van der Waals surface area contributed by atoms with Crippen molar-refractivity contribution in [2.75, 3.05) is 45.1 Å². The second-order valence-electron chi connectivity index (χ2n) is 4.68. The third-order valence-electron chi connectivity index (χ3n) is 3.74. The van der Waals surface area contributed by atoms with Gasteiger partial charge in [0.05, 0.1) is 19.0 Å². The summed E-state index contributed by atoms with van der Waals surface area (Å²) in [7, 11) is -2.99. The third kappa shape index (κ3) is 3.19. The number of hydrogen-bond donors (Lipinski definition) is 0. The number of morpholine rings is 1. The zero-order chi connectivity index (χ0) is 12.3. The van der Waals surface area contributed by atoms with Crippen LogP contribution in [0, 0.1) is 0 Å². The van der Waals surface area contributed by atoms with Crippen molar-refractivity contribution < 1.29 is 13.2 Å². The van der Waals surface area contributed by atoms with Crippen molar-refractivity contribution in [1.82, 2.24) is 9.21 Å². The van der Waals surface area contributed by atoms with E-state index >= 15 is 0 Å². The second-order valence-corrected chi connectivity index (χ2v) is 6.94. The van der Waals surface area contributed by atoms with E-state index in [0.717, 1.165) is 39.1 Å². The molecule has 2 aliphatic rings. The highest BCUT2D eigenvalue weighted by Gasteiger charge is 2.30. The van der Waals surface area contributed by atoms with Gasteiger partial charge in [0.25, 0.3) is 0 Å². The molecule has 0 aromatic carbocycles. The zero-order valence-corrected chi connectivity index (χ0v) is 11.3. The lowest BCUT2D eigenvalue weighted by Gasteiger charge is -2.39. The molecule has 0 radical (unpaired) electrons. The fourth-order valence-corrected chi connectivity index (χ4v) is 3.74. The van der Waals surface area contributed by atoms with E-state index in [1.54, 1.807) is 11.2 Å². The number of rotatable bonds is 3. The smallest absolute Gasteiger partial charge is 0.213 e. The molecule has 0 spiro atoms. The normalized spacial score (nSPS) is 26.2. The SMILES string of the molecule is CCS(=O)(=O)N1CCC(N2CCOCC2)CC1. The monoisotopic (exact) mass is 262 g/mol. The minimum atomic E-state index is -2.99. The molecule has 6 heteroatoms. The van der Waals surface area contributed by atoms with Crippen molar-refractivity contribution in [1.29, 1.82) is 0 Å². The summed E-state index contributed by atoms with van der Waals surface area (Å²) in [5.74, 6) is 0.217. The maximum atomic E-state index is 11.7. The highest BCUT2D eigenvalue weighted by Crippen LogP contribution is 2.19. The van der Waals surface area contributed by atoms with Gasteiger partial charge >= 0.3 is 0 Å². The highest BCUT2D eigenvalue weighted by atomic mass is 32.2. The largest absolute Gasteiger partial charge is 0.379 e. The lowest BCUT2D eigenvalue weighted by atomic mass is 10.0. The summed E-state index contributed by atoms with van der Waals surface area (Å²) in [4.78, 5) is 2.44. The molecule has 5 nitrogen and oxygen atoms in total. The molecular formula is C11H22N2O3S. The van der Waals surface area contributed by atoms with Crippen LogP contribution in [0.25, 0.3) is 0 Å². The molecule has 0 aliphatic carbocycles.